The Hall–Kier alpha value is -2.13. The van der Waals surface area contributed by atoms with E-state index in [1.165, 1.54) is 16.8 Å². The molecule has 0 spiro atoms. The van der Waals surface area contributed by atoms with Gasteiger partial charge in [-0.3, -0.25) is 0 Å². The van der Waals surface area contributed by atoms with Crippen LogP contribution in [-0.2, 0) is 6.54 Å². The zero-order chi connectivity index (χ0) is 14.7. The second kappa shape index (κ2) is 6.10. The molecule has 1 aromatic heterocycles. The lowest BCUT2D eigenvalue weighted by Gasteiger charge is -2.06. The zero-order valence-corrected chi connectivity index (χ0v) is 13.1. The second-order valence-electron chi connectivity index (χ2n) is 5.18. The fourth-order valence-electron chi connectivity index (χ4n) is 2.18. The molecular weight excluding hydrogens is 276 g/mol. The summed E-state index contributed by atoms with van der Waals surface area (Å²) in [5.41, 5.74) is 4.84. The van der Waals surface area contributed by atoms with Gasteiger partial charge in [0, 0.05) is 11.1 Å². The summed E-state index contributed by atoms with van der Waals surface area (Å²) in [6, 6.07) is 18.8. The van der Waals surface area contributed by atoms with Crippen molar-refractivity contribution in [3.63, 3.8) is 0 Å². The SMILES string of the molecule is Cc1ccc(Cn2c(C)csc2=Nc2ccccc2)cc1. The van der Waals surface area contributed by atoms with Crippen LogP contribution < -0.4 is 4.80 Å². The van der Waals surface area contributed by atoms with Crippen LogP contribution in [-0.4, -0.2) is 4.57 Å². The third kappa shape index (κ3) is 3.31. The molecule has 0 fully saturated rings. The largest absolute Gasteiger partial charge is 0.317 e. The van der Waals surface area contributed by atoms with Gasteiger partial charge in [-0.05, 0) is 31.5 Å². The van der Waals surface area contributed by atoms with Gasteiger partial charge in [0.15, 0.2) is 4.80 Å². The van der Waals surface area contributed by atoms with Crippen LogP contribution in [0.15, 0.2) is 65.0 Å². The van der Waals surface area contributed by atoms with E-state index in [2.05, 4.69) is 48.1 Å². The number of aryl methyl sites for hydroxylation is 2. The minimum atomic E-state index is 0.862. The van der Waals surface area contributed by atoms with E-state index in [9.17, 15) is 0 Å². The molecule has 3 aromatic rings. The van der Waals surface area contributed by atoms with Crippen LogP contribution in [0, 0.1) is 13.8 Å². The van der Waals surface area contributed by atoms with Gasteiger partial charge in [-0.1, -0.05) is 48.0 Å². The van der Waals surface area contributed by atoms with E-state index in [-0.39, 0.29) is 0 Å². The van der Waals surface area contributed by atoms with E-state index in [0.717, 1.165) is 17.0 Å². The Balaban J connectivity index is 1.98. The Kier molecular flexibility index (Phi) is 4.02. The second-order valence-corrected chi connectivity index (χ2v) is 6.02. The first kappa shape index (κ1) is 13.8. The molecule has 0 unspecified atom stereocenters. The molecule has 1 heterocycles. The molecule has 2 nitrogen and oxygen atoms in total. The first-order chi connectivity index (χ1) is 10.2. The van der Waals surface area contributed by atoms with Crippen LogP contribution in [0.1, 0.15) is 16.8 Å². The van der Waals surface area contributed by atoms with Crippen LogP contribution in [0.3, 0.4) is 0 Å². The van der Waals surface area contributed by atoms with Gasteiger partial charge in [0.2, 0.25) is 0 Å². The molecule has 0 amide bonds. The lowest BCUT2D eigenvalue weighted by atomic mass is 10.1. The minimum absolute atomic E-state index is 0.862. The summed E-state index contributed by atoms with van der Waals surface area (Å²) in [6.07, 6.45) is 0. The number of rotatable bonds is 3. The van der Waals surface area contributed by atoms with E-state index >= 15 is 0 Å². The predicted molar refractivity (Wildman–Crippen MR) is 89.0 cm³/mol. The van der Waals surface area contributed by atoms with Crippen molar-refractivity contribution >= 4 is 17.0 Å². The van der Waals surface area contributed by atoms with Crippen molar-refractivity contribution in [3.05, 3.63) is 81.6 Å². The number of hydrogen-bond acceptors (Lipinski definition) is 2. The van der Waals surface area contributed by atoms with Gasteiger partial charge in [-0.2, -0.15) is 0 Å². The van der Waals surface area contributed by atoms with Gasteiger partial charge in [0.25, 0.3) is 0 Å². The number of hydrogen-bond donors (Lipinski definition) is 0. The van der Waals surface area contributed by atoms with E-state index in [1.807, 2.05) is 30.3 Å². The summed E-state index contributed by atoms with van der Waals surface area (Å²) in [5, 5.41) is 2.16. The maximum absolute atomic E-state index is 4.76. The number of thiazole rings is 1. The van der Waals surface area contributed by atoms with E-state index in [0.29, 0.717) is 0 Å². The fraction of sp³-hybridized carbons (Fsp3) is 0.167. The summed E-state index contributed by atoms with van der Waals surface area (Å²) in [4.78, 5) is 5.80. The molecule has 0 aliphatic carbocycles. The van der Waals surface area contributed by atoms with Crippen molar-refractivity contribution in [1.82, 2.24) is 4.57 Å². The van der Waals surface area contributed by atoms with Crippen molar-refractivity contribution in [3.8, 4) is 0 Å². The molecule has 0 radical (unpaired) electrons. The third-order valence-corrected chi connectivity index (χ3v) is 4.42. The van der Waals surface area contributed by atoms with Gasteiger partial charge in [-0.15, -0.1) is 11.3 Å². The minimum Gasteiger partial charge on any atom is -0.317 e. The van der Waals surface area contributed by atoms with Crippen molar-refractivity contribution in [2.75, 3.05) is 0 Å². The van der Waals surface area contributed by atoms with Crippen molar-refractivity contribution in [1.29, 1.82) is 0 Å². The molecule has 0 aliphatic rings. The van der Waals surface area contributed by atoms with Crippen molar-refractivity contribution < 1.29 is 0 Å². The van der Waals surface area contributed by atoms with Gasteiger partial charge in [0.1, 0.15) is 0 Å². The molecule has 0 saturated carbocycles. The molecule has 0 bridgehead atoms. The molecule has 0 atom stereocenters. The van der Waals surface area contributed by atoms with Crippen molar-refractivity contribution in [2.45, 2.75) is 20.4 Å². The van der Waals surface area contributed by atoms with Crippen LogP contribution in [0.2, 0.25) is 0 Å². The molecule has 21 heavy (non-hydrogen) atoms. The Morgan fingerprint density at radius 2 is 1.67 bits per heavy atom. The van der Waals surface area contributed by atoms with E-state index in [1.54, 1.807) is 11.3 Å². The highest BCUT2D eigenvalue weighted by Gasteiger charge is 2.03. The van der Waals surface area contributed by atoms with E-state index < -0.39 is 0 Å². The van der Waals surface area contributed by atoms with Gasteiger partial charge >= 0.3 is 0 Å². The average Bonchev–Trinajstić information content (AvgIpc) is 2.84. The molecular formula is C18H18N2S. The summed E-state index contributed by atoms with van der Waals surface area (Å²) in [5.74, 6) is 0. The van der Waals surface area contributed by atoms with Crippen LogP contribution in [0.4, 0.5) is 5.69 Å². The highest BCUT2D eigenvalue weighted by atomic mass is 32.1. The average molecular weight is 294 g/mol. The van der Waals surface area contributed by atoms with Crippen molar-refractivity contribution in [2.24, 2.45) is 4.99 Å². The molecule has 3 heteroatoms. The molecule has 0 N–H and O–H groups in total. The number of aromatic nitrogens is 1. The van der Waals surface area contributed by atoms with E-state index in [4.69, 9.17) is 4.99 Å². The first-order valence-corrected chi connectivity index (χ1v) is 7.90. The maximum atomic E-state index is 4.76. The van der Waals surface area contributed by atoms with Crippen LogP contribution in [0.25, 0.3) is 0 Å². The van der Waals surface area contributed by atoms with Crippen LogP contribution in [0.5, 0.6) is 0 Å². The number of nitrogens with zero attached hydrogens (tertiary/aromatic N) is 2. The molecule has 3 rings (SSSR count). The van der Waals surface area contributed by atoms with Crippen LogP contribution >= 0.6 is 11.3 Å². The lowest BCUT2D eigenvalue weighted by molar-refractivity contribution is 0.742. The highest BCUT2D eigenvalue weighted by Crippen LogP contribution is 2.12. The van der Waals surface area contributed by atoms with Gasteiger partial charge in [0.05, 0.1) is 12.2 Å². The predicted octanol–water partition coefficient (Wildman–Crippen LogP) is 4.45. The molecule has 106 valence electrons. The van der Waals surface area contributed by atoms with Gasteiger partial charge in [-0.25, -0.2) is 4.99 Å². The number of para-hydroxylation sites is 1. The smallest absolute Gasteiger partial charge is 0.190 e. The molecule has 2 aromatic carbocycles. The summed E-state index contributed by atoms with van der Waals surface area (Å²) < 4.78 is 2.27. The third-order valence-electron chi connectivity index (χ3n) is 3.43. The highest BCUT2D eigenvalue weighted by molar-refractivity contribution is 7.07. The maximum Gasteiger partial charge on any atom is 0.190 e. The lowest BCUT2D eigenvalue weighted by Crippen LogP contribution is -2.16. The Morgan fingerprint density at radius 1 is 0.952 bits per heavy atom. The standard InChI is InChI=1S/C18H18N2S/c1-14-8-10-16(11-9-14)12-20-15(2)13-21-18(20)19-17-6-4-3-5-7-17/h3-11,13H,12H2,1-2H3. The molecule has 0 aliphatic heterocycles. The quantitative estimate of drug-likeness (QED) is 0.679. The monoisotopic (exact) mass is 294 g/mol. The summed E-state index contributed by atoms with van der Waals surface area (Å²) >= 11 is 1.69. The summed E-state index contributed by atoms with van der Waals surface area (Å²) in [6.45, 7) is 5.11. The summed E-state index contributed by atoms with van der Waals surface area (Å²) in [7, 11) is 0. The fourth-order valence-corrected chi connectivity index (χ4v) is 3.08. The normalized spacial score (nSPS) is 11.8. The van der Waals surface area contributed by atoms with Gasteiger partial charge < -0.3 is 4.57 Å². The first-order valence-electron chi connectivity index (χ1n) is 7.02. The Labute approximate surface area is 129 Å². The number of benzene rings is 2. The topological polar surface area (TPSA) is 17.3 Å². The Bertz CT molecular complexity index is 780. The molecule has 0 saturated heterocycles. The zero-order valence-electron chi connectivity index (χ0n) is 12.3. The Morgan fingerprint density at radius 3 is 2.38 bits per heavy atom.